The molecule has 3 N–H and O–H groups in total. The van der Waals surface area contributed by atoms with Gasteiger partial charge in [0.2, 0.25) is 0 Å². The summed E-state index contributed by atoms with van der Waals surface area (Å²) >= 11 is 1.45. The topological polar surface area (TPSA) is 54.2 Å². The highest BCUT2D eigenvalue weighted by Gasteiger charge is 2.11. The minimum absolute atomic E-state index is 0.656. The third-order valence-corrected chi connectivity index (χ3v) is 3.79. The fourth-order valence-corrected chi connectivity index (χ4v) is 2.58. The van der Waals surface area contributed by atoms with E-state index in [1.807, 2.05) is 6.92 Å². The van der Waals surface area contributed by atoms with Crippen molar-refractivity contribution in [2.75, 3.05) is 37.2 Å². The van der Waals surface area contributed by atoms with E-state index in [0.29, 0.717) is 5.82 Å². The Morgan fingerprint density at radius 2 is 2.20 bits per heavy atom. The zero-order valence-corrected chi connectivity index (χ0v) is 9.94. The highest BCUT2D eigenvalue weighted by molar-refractivity contribution is 7.10. The van der Waals surface area contributed by atoms with Crippen molar-refractivity contribution in [3.8, 4) is 0 Å². The maximum atomic E-state index is 5.68. The Morgan fingerprint density at radius 1 is 1.47 bits per heavy atom. The normalized spacial score (nSPS) is 17.1. The van der Waals surface area contributed by atoms with Gasteiger partial charge in [-0.25, -0.2) is 0 Å². The molecule has 0 spiro atoms. The number of hydrogen-bond acceptors (Lipinski definition) is 5. The molecule has 2 heterocycles. The van der Waals surface area contributed by atoms with Crippen LogP contribution in [0.1, 0.15) is 18.4 Å². The fourth-order valence-electron chi connectivity index (χ4n) is 1.85. The Hall–Kier alpha value is -0.810. The molecule has 84 valence electrons. The number of nitrogens with zero attached hydrogens (tertiary/aromatic N) is 2. The van der Waals surface area contributed by atoms with E-state index in [1.165, 1.54) is 37.5 Å². The van der Waals surface area contributed by atoms with Crippen molar-refractivity contribution >= 4 is 22.4 Å². The van der Waals surface area contributed by atoms with Gasteiger partial charge < -0.3 is 16.0 Å². The largest absolute Gasteiger partial charge is 0.383 e. The molecule has 1 aromatic heterocycles. The maximum Gasteiger partial charge on any atom is 0.142 e. The maximum absolute atomic E-state index is 5.68. The van der Waals surface area contributed by atoms with Crippen LogP contribution in [0.3, 0.4) is 0 Å². The van der Waals surface area contributed by atoms with Crippen molar-refractivity contribution in [1.82, 2.24) is 9.27 Å². The van der Waals surface area contributed by atoms with Crippen LogP contribution in [0.15, 0.2) is 0 Å². The minimum atomic E-state index is 0.656. The van der Waals surface area contributed by atoms with Crippen molar-refractivity contribution in [2.45, 2.75) is 19.8 Å². The van der Waals surface area contributed by atoms with Crippen LogP contribution in [0, 0.1) is 6.92 Å². The standard InChI is InChI=1S/C10H18N4S/c1-8-9(11)13-15-10(8)12-4-7-14-5-2-3-6-14/h12H,2-7H2,1H3,(H2,11,13). The number of anilines is 2. The zero-order valence-electron chi connectivity index (χ0n) is 9.12. The third kappa shape index (κ3) is 2.60. The van der Waals surface area contributed by atoms with Gasteiger partial charge in [0.05, 0.1) is 0 Å². The first kappa shape index (κ1) is 10.7. The lowest BCUT2D eigenvalue weighted by Gasteiger charge is -2.14. The average molecular weight is 226 g/mol. The summed E-state index contributed by atoms with van der Waals surface area (Å²) in [5.41, 5.74) is 6.77. The molecule has 0 aromatic carbocycles. The minimum Gasteiger partial charge on any atom is -0.383 e. The van der Waals surface area contributed by atoms with Crippen molar-refractivity contribution in [3.63, 3.8) is 0 Å². The predicted octanol–water partition coefficient (Wildman–Crippen LogP) is 1.54. The molecule has 1 fully saturated rings. The van der Waals surface area contributed by atoms with E-state index in [1.54, 1.807) is 0 Å². The van der Waals surface area contributed by atoms with Crippen LogP contribution in [-0.2, 0) is 0 Å². The first-order valence-electron chi connectivity index (χ1n) is 5.45. The Bertz CT molecular complexity index is 317. The van der Waals surface area contributed by atoms with Crippen LogP contribution < -0.4 is 11.1 Å². The molecular weight excluding hydrogens is 208 g/mol. The molecule has 4 nitrogen and oxygen atoms in total. The lowest BCUT2D eigenvalue weighted by molar-refractivity contribution is 0.353. The van der Waals surface area contributed by atoms with E-state index in [-0.39, 0.29) is 0 Å². The molecule has 1 aliphatic heterocycles. The molecule has 1 saturated heterocycles. The summed E-state index contributed by atoms with van der Waals surface area (Å²) < 4.78 is 4.11. The van der Waals surface area contributed by atoms with E-state index in [2.05, 4.69) is 14.6 Å². The molecule has 0 saturated carbocycles. The lowest BCUT2D eigenvalue weighted by atomic mass is 10.3. The van der Waals surface area contributed by atoms with E-state index < -0.39 is 0 Å². The molecule has 15 heavy (non-hydrogen) atoms. The quantitative estimate of drug-likeness (QED) is 0.817. The fraction of sp³-hybridized carbons (Fsp3) is 0.700. The highest BCUT2D eigenvalue weighted by atomic mass is 32.1. The number of nitrogen functional groups attached to an aromatic ring is 1. The van der Waals surface area contributed by atoms with Crippen molar-refractivity contribution in [3.05, 3.63) is 5.56 Å². The molecule has 0 unspecified atom stereocenters. The SMILES string of the molecule is Cc1c(N)nsc1NCCN1CCCC1. The van der Waals surface area contributed by atoms with E-state index in [4.69, 9.17) is 5.73 Å². The van der Waals surface area contributed by atoms with Gasteiger partial charge in [-0.1, -0.05) is 0 Å². The van der Waals surface area contributed by atoms with Gasteiger partial charge in [-0.15, -0.1) is 0 Å². The Balaban J connectivity index is 1.75. The molecule has 0 atom stereocenters. The number of nitrogens with two attached hydrogens (primary N) is 1. The number of rotatable bonds is 4. The van der Waals surface area contributed by atoms with Gasteiger partial charge in [-0.3, -0.25) is 0 Å². The van der Waals surface area contributed by atoms with Gasteiger partial charge in [0.15, 0.2) is 0 Å². The molecule has 0 aliphatic carbocycles. The van der Waals surface area contributed by atoms with Gasteiger partial charge >= 0.3 is 0 Å². The van der Waals surface area contributed by atoms with Crippen LogP contribution in [-0.4, -0.2) is 35.5 Å². The van der Waals surface area contributed by atoms with Crippen LogP contribution in [0.2, 0.25) is 0 Å². The van der Waals surface area contributed by atoms with Gasteiger partial charge in [0, 0.05) is 18.7 Å². The van der Waals surface area contributed by atoms with Gasteiger partial charge in [-0.05, 0) is 44.4 Å². The summed E-state index contributed by atoms with van der Waals surface area (Å²) in [4.78, 5) is 2.49. The zero-order chi connectivity index (χ0) is 10.7. The molecule has 1 aliphatic rings. The summed E-state index contributed by atoms with van der Waals surface area (Å²) in [5.74, 6) is 0.656. The van der Waals surface area contributed by atoms with Crippen molar-refractivity contribution in [2.24, 2.45) is 0 Å². The summed E-state index contributed by atoms with van der Waals surface area (Å²) in [6.07, 6.45) is 2.71. The van der Waals surface area contributed by atoms with E-state index in [9.17, 15) is 0 Å². The van der Waals surface area contributed by atoms with Crippen molar-refractivity contribution in [1.29, 1.82) is 0 Å². The Labute approximate surface area is 94.6 Å². The summed E-state index contributed by atoms with van der Waals surface area (Å²) in [7, 11) is 0. The van der Waals surface area contributed by atoms with Crippen LogP contribution in [0.5, 0.6) is 0 Å². The van der Waals surface area contributed by atoms with Gasteiger partial charge in [0.1, 0.15) is 10.8 Å². The molecule has 0 bridgehead atoms. The number of hydrogen-bond donors (Lipinski definition) is 2. The van der Waals surface area contributed by atoms with Crippen LogP contribution in [0.4, 0.5) is 10.8 Å². The summed E-state index contributed by atoms with van der Waals surface area (Å²) in [6.45, 7) is 6.63. The smallest absolute Gasteiger partial charge is 0.142 e. The number of aromatic nitrogens is 1. The molecule has 0 amide bonds. The van der Waals surface area contributed by atoms with Crippen LogP contribution in [0.25, 0.3) is 0 Å². The second kappa shape index (κ2) is 4.81. The summed E-state index contributed by atoms with van der Waals surface area (Å²) in [5, 5.41) is 4.51. The van der Waals surface area contributed by atoms with Gasteiger partial charge in [-0.2, -0.15) is 4.37 Å². The average Bonchev–Trinajstić information content (AvgIpc) is 2.83. The second-order valence-electron chi connectivity index (χ2n) is 4.00. The molecule has 0 radical (unpaired) electrons. The Morgan fingerprint density at radius 3 is 2.80 bits per heavy atom. The lowest BCUT2D eigenvalue weighted by Crippen LogP contribution is -2.25. The monoisotopic (exact) mass is 226 g/mol. The number of likely N-dealkylation sites (tertiary alicyclic amines) is 1. The Kier molecular flexibility index (Phi) is 3.43. The summed E-state index contributed by atoms with van der Waals surface area (Å²) in [6, 6.07) is 0. The van der Waals surface area contributed by atoms with Crippen LogP contribution >= 0.6 is 11.5 Å². The molecule has 2 rings (SSSR count). The predicted molar refractivity (Wildman–Crippen MR) is 65.4 cm³/mol. The highest BCUT2D eigenvalue weighted by Crippen LogP contribution is 2.24. The van der Waals surface area contributed by atoms with E-state index >= 15 is 0 Å². The second-order valence-corrected chi connectivity index (χ2v) is 4.77. The molecule has 1 aromatic rings. The molecule has 5 heteroatoms. The molecular formula is C10H18N4S. The van der Waals surface area contributed by atoms with Crippen molar-refractivity contribution < 1.29 is 0 Å². The van der Waals surface area contributed by atoms with E-state index in [0.717, 1.165) is 23.7 Å². The number of nitrogens with one attached hydrogen (secondary N) is 1. The first-order valence-corrected chi connectivity index (χ1v) is 6.22. The third-order valence-electron chi connectivity index (χ3n) is 2.87. The van der Waals surface area contributed by atoms with Gasteiger partial charge in [0.25, 0.3) is 0 Å². The first-order chi connectivity index (χ1) is 7.27.